The zero-order valence-electron chi connectivity index (χ0n) is 9.30. The molecule has 0 amide bonds. The Morgan fingerprint density at radius 1 is 1.18 bits per heavy atom. The molecule has 1 aromatic carbocycles. The quantitative estimate of drug-likeness (QED) is 0.742. The Balaban J connectivity index is 2.17. The van der Waals surface area contributed by atoms with Gasteiger partial charge < -0.3 is 5.73 Å². The first kappa shape index (κ1) is 11.1. The van der Waals surface area contributed by atoms with Gasteiger partial charge in [-0.05, 0) is 42.4 Å². The smallest absolute Gasteiger partial charge is 0.327 e. The molecule has 0 spiro atoms. The fourth-order valence-corrected chi connectivity index (χ4v) is 3.44. The van der Waals surface area contributed by atoms with Crippen LogP contribution in [0.15, 0.2) is 18.2 Å². The molecule has 0 radical (unpaired) electrons. The van der Waals surface area contributed by atoms with Gasteiger partial charge >= 0.3 is 6.18 Å². The van der Waals surface area contributed by atoms with Gasteiger partial charge in [-0.15, -0.1) is 0 Å². The summed E-state index contributed by atoms with van der Waals surface area (Å²) in [6.07, 6.45) is -1.80. The Bertz CT molecular complexity index is 452. The van der Waals surface area contributed by atoms with Gasteiger partial charge in [0, 0.05) is 12.0 Å². The molecule has 1 aromatic rings. The SMILES string of the molecule is N[C@@H]1C2CCC1c1c(cccc1C(F)(F)F)C2. The van der Waals surface area contributed by atoms with Crippen molar-refractivity contribution < 1.29 is 13.2 Å². The molecular weight excluding hydrogens is 227 g/mol. The molecule has 2 aliphatic rings. The number of nitrogens with two attached hydrogens (primary N) is 1. The minimum atomic E-state index is -4.26. The normalized spacial score (nSPS) is 31.4. The van der Waals surface area contributed by atoms with Gasteiger partial charge in [-0.2, -0.15) is 13.2 Å². The van der Waals surface area contributed by atoms with Crippen LogP contribution in [-0.4, -0.2) is 6.04 Å². The van der Waals surface area contributed by atoms with Crippen LogP contribution in [0.4, 0.5) is 13.2 Å². The highest BCUT2D eigenvalue weighted by atomic mass is 19.4. The summed E-state index contributed by atoms with van der Waals surface area (Å²) in [6.45, 7) is 0. The molecule has 2 N–H and O–H groups in total. The lowest BCUT2D eigenvalue weighted by Crippen LogP contribution is -2.36. The third-order valence-electron chi connectivity index (χ3n) is 4.21. The van der Waals surface area contributed by atoms with Gasteiger partial charge in [0.15, 0.2) is 0 Å². The van der Waals surface area contributed by atoms with Crippen molar-refractivity contribution in [3.8, 4) is 0 Å². The van der Waals surface area contributed by atoms with Gasteiger partial charge in [0.1, 0.15) is 0 Å². The highest BCUT2D eigenvalue weighted by molar-refractivity contribution is 5.44. The van der Waals surface area contributed by atoms with E-state index in [0.29, 0.717) is 17.9 Å². The summed E-state index contributed by atoms with van der Waals surface area (Å²) in [5.41, 5.74) is 6.90. The van der Waals surface area contributed by atoms with Crippen LogP contribution in [0.5, 0.6) is 0 Å². The number of alkyl halides is 3. The number of hydrogen-bond donors (Lipinski definition) is 1. The van der Waals surface area contributed by atoms with Crippen molar-refractivity contribution in [2.75, 3.05) is 0 Å². The minimum absolute atomic E-state index is 0.0917. The highest BCUT2D eigenvalue weighted by Crippen LogP contribution is 2.49. The first-order valence-corrected chi connectivity index (χ1v) is 5.93. The Morgan fingerprint density at radius 2 is 1.94 bits per heavy atom. The molecule has 3 atom stereocenters. The van der Waals surface area contributed by atoms with E-state index in [1.165, 1.54) is 12.1 Å². The molecule has 1 fully saturated rings. The Labute approximate surface area is 97.8 Å². The predicted octanol–water partition coefficient (Wildman–Crippen LogP) is 3.08. The molecule has 2 unspecified atom stereocenters. The van der Waals surface area contributed by atoms with Crippen LogP contribution in [-0.2, 0) is 12.6 Å². The second-order valence-corrected chi connectivity index (χ2v) is 5.10. The van der Waals surface area contributed by atoms with Crippen molar-refractivity contribution in [1.82, 2.24) is 0 Å². The molecule has 0 aliphatic heterocycles. The fourth-order valence-electron chi connectivity index (χ4n) is 3.44. The van der Waals surface area contributed by atoms with Gasteiger partial charge in [0.25, 0.3) is 0 Å². The zero-order chi connectivity index (χ0) is 12.2. The van der Waals surface area contributed by atoms with Gasteiger partial charge in [-0.1, -0.05) is 12.1 Å². The third-order valence-corrected chi connectivity index (χ3v) is 4.21. The maximum Gasteiger partial charge on any atom is 0.416 e. The molecule has 0 saturated heterocycles. The van der Waals surface area contributed by atoms with Gasteiger partial charge in [0.2, 0.25) is 0 Å². The topological polar surface area (TPSA) is 26.0 Å². The molecule has 0 aromatic heterocycles. The van der Waals surface area contributed by atoms with Crippen LogP contribution in [0.2, 0.25) is 0 Å². The molecular formula is C13H14F3N. The maximum absolute atomic E-state index is 13.0. The van der Waals surface area contributed by atoms with Crippen molar-refractivity contribution in [2.24, 2.45) is 11.7 Å². The lowest BCUT2D eigenvalue weighted by atomic mass is 9.77. The van der Waals surface area contributed by atoms with Crippen molar-refractivity contribution in [1.29, 1.82) is 0 Å². The summed E-state index contributed by atoms with van der Waals surface area (Å²) >= 11 is 0. The van der Waals surface area contributed by atoms with Crippen LogP contribution < -0.4 is 5.73 Å². The van der Waals surface area contributed by atoms with Crippen LogP contribution in [0.3, 0.4) is 0 Å². The fraction of sp³-hybridized carbons (Fsp3) is 0.538. The van der Waals surface area contributed by atoms with Crippen LogP contribution in [0.1, 0.15) is 35.4 Å². The second-order valence-electron chi connectivity index (χ2n) is 5.10. The average Bonchev–Trinajstić information content (AvgIpc) is 2.50. The summed E-state index contributed by atoms with van der Waals surface area (Å²) < 4.78 is 39.0. The number of hydrogen-bond acceptors (Lipinski definition) is 1. The molecule has 17 heavy (non-hydrogen) atoms. The summed E-state index contributed by atoms with van der Waals surface area (Å²) in [7, 11) is 0. The van der Waals surface area contributed by atoms with E-state index in [1.807, 2.05) is 6.07 Å². The highest BCUT2D eigenvalue weighted by Gasteiger charge is 2.45. The van der Waals surface area contributed by atoms with E-state index in [0.717, 1.165) is 18.4 Å². The van der Waals surface area contributed by atoms with Crippen molar-refractivity contribution >= 4 is 0 Å². The summed E-state index contributed by atoms with van der Waals surface area (Å²) in [5, 5.41) is 0. The number of benzene rings is 1. The van der Waals surface area contributed by atoms with Gasteiger partial charge in [-0.3, -0.25) is 0 Å². The maximum atomic E-state index is 13.0. The van der Waals surface area contributed by atoms with E-state index in [4.69, 9.17) is 5.73 Å². The van der Waals surface area contributed by atoms with Crippen LogP contribution >= 0.6 is 0 Å². The Morgan fingerprint density at radius 3 is 2.65 bits per heavy atom. The van der Waals surface area contributed by atoms with E-state index in [9.17, 15) is 13.2 Å². The first-order valence-electron chi connectivity index (χ1n) is 5.93. The monoisotopic (exact) mass is 241 g/mol. The van der Waals surface area contributed by atoms with Gasteiger partial charge in [0.05, 0.1) is 5.56 Å². The van der Waals surface area contributed by atoms with E-state index in [2.05, 4.69) is 0 Å². The van der Waals surface area contributed by atoms with Crippen molar-refractivity contribution in [3.63, 3.8) is 0 Å². The molecule has 2 aliphatic carbocycles. The Hall–Kier alpha value is -1.03. The second kappa shape index (κ2) is 3.48. The summed E-state index contributed by atoms with van der Waals surface area (Å²) in [4.78, 5) is 0. The molecule has 0 heterocycles. The third kappa shape index (κ3) is 1.58. The molecule has 1 nitrogen and oxygen atoms in total. The standard InChI is InChI=1S/C13H14F3N/c14-13(15,16)10-3-1-2-7-6-8-4-5-9(11(7)10)12(8)17/h1-3,8-9,12H,4-6,17H2/t8?,9?,12-/m1/s1. The number of halogens is 3. The minimum Gasteiger partial charge on any atom is -0.327 e. The Kier molecular flexibility index (Phi) is 2.27. The molecule has 4 heteroatoms. The van der Waals surface area contributed by atoms with Crippen LogP contribution in [0.25, 0.3) is 0 Å². The molecule has 92 valence electrons. The first-order chi connectivity index (χ1) is 7.98. The number of rotatable bonds is 0. The predicted molar refractivity (Wildman–Crippen MR) is 58.6 cm³/mol. The van der Waals surface area contributed by atoms with Crippen molar-refractivity contribution in [2.45, 2.75) is 37.4 Å². The van der Waals surface area contributed by atoms with Gasteiger partial charge in [-0.25, -0.2) is 0 Å². The average molecular weight is 241 g/mol. The summed E-state index contributed by atoms with van der Waals surface area (Å²) in [6, 6.07) is 4.43. The molecule has 1 saturated carbocycles. The molecule has 3 rings (SSSR count). The van der Waals surface area contributed by atoms with E-state index in [-0.39, 0.29) is 12.0 Å². The number of fused-ring (bicyclic) bond motifs is 4. The molecule has 2 bridgehead atoms. The lowest BCUT2D eigenvalue weighted by molar-refractivity contribution is -0.138. The largest absolute Gasteiger partial charge is 0.416 e. The zero-order valence-corrected chi connectivity index (χ0v) is 9.30. The van der Waals surface area contributed by atoms with E-state index >= 15 is 0 Å². The van der Waals surface area contributed by atoms with Crippen LogP contribution in [0, 0.1) is 5.92 Å². The lowest BCUT2D eigenvalue weighted by Gasteiger charge is -2.31. The summed E-state index contributed by atoms with van der Waals surface area (Å²) in [5.74, 6) is 0.276. The van der Waals surface area contributed by atoms with E-state index < -0.39 is 11.7 Å². The van der Waals surface area contributed by atoms with E-state index in [1.54, 1.807) is 0 Å². The van der Waals surface area contributed by atoms with Crippen molar-refractivity contribution in [3.05, 3.63) is 34.9 Å².